The maximum atomic E-state index is 12.7. The van der Waals surface area contributed by atoms with Crippen molar-refractivity contribution < 1.29 is 19.7 Å². The van der Waals surface area contributed by atoms with Gasteiger partial charge < -0.3 is 26.0 Å². The van der Waals surface area contributed by atoms with Crippen molar-refractivity contribution in [2.24, 2.45) is 0 Å². The van der Waals surface area contributed by atoms with E-state index in [0.717, 1.165) is 13.0 Å². The first kappa shape index (κ1) is 22.0. The molecule has 2 rings (SSSR count). The van der Waals surface area contributed by atoms with Gasteiger partial charge in [0.05, 0.1) is 41.6 Å². The molecule has 9 heteroatoms. The normalized spacial score (nSPS) is 19.9. The molecular weight excluding hydrogens is 360 g/mol. The van der Waals surface area contributed by atoms with Gasteiger partial charge in [0.1, 0.15) is 5.75 Å². The standard InChI is InChI=1S/C17H23ClN4O3.H2O/c1-24-15-9-13(20)12(18)8-11(15)17(23)21-14-4-7-22(6-3-5-19)10-16(14)25-2;/h8-9,14,16H,3-4,6-7,10,20H2,1-2H3,(H,21,23);1H2/t14-,16+;/m0./s1. The third kappa shape index (κ3) is 5.22. The van der Waals surface area contributed by atoms with E-state index in [0.29, 0.717) is 41.5 Å². The van der Waals surface area contributed by atoms with E-state index in [1.165, 1.54) is 19.2 Å². The molecule has 0 saturated carbocycles. The van der Waals surface area contributed by atoms with Crippen molar-refractivity contribution in [1.82, 2.24) is 10.2 Å². The number of halogens is 1. The molecule has 1 saturated heterocycles. The van der Waals surface area contributed by atoms with Crippen molar-refractivity contribution in [2.45, 2.75) is 25.0 Å². The van der Waals surface area contributed by atoms with Crippen molar-refractivity contribution >= 4 is 23.2 Å². The molecule has 0 unspecified atom stereocenters. The molecule has 8 nitrogen and oxygen atoms in total. The molecule has 1 aromatic rings. The minimum Gasteiger partial charge on any atom is -0.496 e. The van der Waals surface area contributed by atoms with Crippen LogP contribution in [0.2, 0.25) is 5.02 Å². The number of ether oxygens (including phenoxy) is 2. The highest BCUT2D eigenvalue weighted by Gasteiger charge is 2.31. The minimum absolute atomic E-state index is 0. The average molecular weight is 385 g/mol. The van der Waals surface area contributed by atoms with Crippen molar-refractivity contribution in [3.05, 3.63) is 22.7 Å². The van der Waals surface area contributed by atoms with Gasteiger partial charge in [-0.25, -0.2) is 0 Å². The topological polar surface area (TPSA) is 132 Å². The van der Waals surface area contributed by atoms with Gasteiger partial charge in [0.2, 0.25) is 0 Å². The minimum atomic E-state index is -0.281. The Kier molecular flexibility index (Phi) is 8.61. The van der Waals surface area contributed by atoms with Gasteiger partial charge in [-0.2, -0.15) is 5.26 Å². The predicted molar refractivity (Wildman–Crippen MR) is 99.4 cm³/mol. The van der Waals surface area contributed by atoms with Gasteiger partial charge in [0.15, 0.2) is 0 Å². The summed E-state index contributed by atoms with van der Waals surface area (Å²) in [6.45, 7) is 2.17. The Hall–Kier alpha value is -2.05. The Labute approximate surface area is 158 Å². The Morgan fingerprint density at radius 2 is 2.23 bits per heavy atom. The first-order valence-corrected chi connectivity index (χ1v) is 8.44. The van der Waals surface area contributed by atoms with Crippen LogP contribution in [0.4, 0.5) is 5.69 Å². The number of carbonyl (C=O) groups excluding carboxylic acids is 1. The Morgan fingerprint density at radius 3 is 2.85 bits per heavy atom. The molecule has 0 bridgehead atoms. The Bertz CT molecular complexity index is 665. The summed E-state index contributed by atoms with van der Waals surface area (Å²) in [5.74, 6) is 0.0936. The van der Waals surface area contributed by atoms with Gasteiger partial charge >= 0.3 is 0 Å². The zero-order valence-electron chi connectivity index (χ0n) is 14.9. The maximum Gasteiger partial charge on any atom is 0.255 e. The lowest BCUT2D eigenvalue weighted by Crippen LogP contribution is -2.54. The lowest BCUT2D eigenvalue weighted by atomic mass is 10.0. The zero-order valence-corrected chi connectivity index (χ0v) is 15.7. The molecule has 0 radical (unpaired) electrons. The van der Waals surface area contributed by atoms with Gasteiger partial charge in [-0.3, -0.25) is 9.69 Å². The molecule has 1 aliphatic heterocycles. The highest BCUT2D eigenvalue weighted by molar-refractivity contribution is 6.33. The Balaban J connectivity index is 0.00000338. The number of benzene rings is 1. The number of likely N-dealkylation sites (tertiary alicyclic amines) is 1. The van der Waals surface area contributed by atoms with E-state index in [9.17, 15) is 4.79 Å². The van der Waals surface area contributed by atoms with Gasteiger partial charge in [-0.1, -0.05) is 11.6 Å². The molecular formula is C17H25ClN4O4. The molecule has 1 heterocycles. The summed E-state index contributed by atoms with van der Waals surface area (Å²) in [7, 11) is 3.10. The van der Waals surface area contributed by atoms with Crippen LogP contribution in [-0.4, -0.2) is 62.3 Å². The molecule has 0 aliphatic carbocycles. The summed E-state index contributed by atoms with van der Waals surface area (Å²) in [5.41, 5.74) is 6.45. The number of hydrogen-bond acceptors (Lipinski definition) is 6. The lowest BCUT2D eigenvalue weighted by Gasteiger charge is -2.37. The second-order valence-electron chi connectivity index (χ2n) is 5.93. The number of nitrogens with two attached hydrogens (primary N) is 1. The predicted octanol–water partition coefficient (Wildman–Crippen LogP) is 0.839. The van der Waals surface area contributed by atoms with Crippen LogP contribution >= 0.6 is 11.6 Å². The number of methoxy groups -OCH3 is 2. The van der Waals surface area contributed by atoms with E-state index in [4.69, 9.17) is 32.1 Å². The van der Waals surface area contributed by atoms with Crippen molar-refractivity contribution in [3.8, 4) is 11.8 Å². The first-order valence-electron chi connectivity index (χ1n) is 8.06. The van der Waals surface area contributed by atoms with Crippen LogP contribution < -0.4 is 15.8 Å². The summed E-state index contributed by atoms with van der Waals surface area (Å²) in [4.78, 5) is 14.8. The first-order chi connectivity index (χ1) is 12.0. The van der Waals surface area contributed by atoms with Gasteiger partial charge in [-0.05, 0) is 12.5 Å². The average Bonchev–Trinajstić information content (AvgIpc) is 2.62. The fourth-order valence-electron chi connectivity index (χ4n) is 2.96. The monoisotopic (exact) mass is 384 g/mol. The highest BCUT2D eigenvalue weighted by Crippen LogP contribution is 2.29. The fourth-order valence-corrected chi connectivity index (χ4v) is 3.12. The number of anilines is 1. The molecule has 144 valence electrons. The number of nitrogens with one attached hydrogen (secondary N) is 1. The van der Waals surface area contributed by atoms with E-state index in [-0.39, 0.29) is 23.5 Å². The summed E-state index contributed by atoms with van der Waals surface area (Å²) < 4.78 is 10.8. The Morgan fingerprint density at radius 1 is 1.50 bits per heavy atom. The number of piperidine rings is 1. The van der Waals surface area contributed by atoms with E-state index < -0.39 is 0 Å². The SMILES string of the molecule is COc1cc(N)c(Cl)cc1C(=O)N[C@H]1CCN(CCC#N)C[C@H]1OC.O. The molecule has 1 aromatic carbocycles. The highest BCUT2D eigenvalue weighted by atomic mass is 35.5. The number of nitriles is 1. The second-order valence-corrected chi connectivity index (χ2v) is 6.33. The van der Waals surface area contributed by atoms with E-state index in [1.54, 1.807) is 7.11 Å². The third-order valence-electron chi connectivity index (χ3n) is 4.37. The lowest BCUT2D eigenvalue weighted by molar-refractivity contribution is 0.00705. The quantitative estimate of drug-likeness (QED) is 0.698. The molecule has 1 fully saturated rings. The smallest absolute Gasteiger partial charge is 0.255 e. The van der Waals surface area contributed by atoms with Crippen LogP contribution in [-0.2, 0) is 4.74 Å². The van der Waals surface area contributed by atoms with Crippen molar-refractivity contribution in [2.75, 3.05) is 39.6 Å². The van der Waals surface area contributed by atoms with E-state index in [2.05, 4.69) is 16.3 Å². The van der Waals surface area contributed by atoms with Crippen LogP contribution in [0.3, 0.4) is 0 Å². The molecule has 0 aromatic heterocycles. The summed E-state index contributed by atoms with van der Waals surface area (Å²) in [6.07, 6.45) is 1.07. The summed E-state index contributed by atoms with van der Waals surface area (Å²) >= 11 is 6.03. The largest absolute Gasteiger partial charge is 0.496 e. The van der Waals surface area contributed by atoms with Crippen LogP contribution in [0.1, 0.15) is 23.2 Å². The molecule has 5 N–H and O–H groups in total. The number of amides is 1. The number of rotatable bonds is 6. The van der Waals surface area contributed by atoms with Crippen LogP contribution in [0, 0.1) is 11.3 Å². The maximum absolute atomic E-state index is 12.7. The number of hydrogen-bond donors (Lipinski definition) is 2. The summed E-state index contributed by atoms with van der Waals surface area (Å²) in [6, 6.07) is 5.06. The molecule has 1 amide bonds. The number of carbonyl (C=O) groups is 1. The fraction of sp³-hybridized carbons (Fsp3) is 0.529. The zero-order chi connectivity index (χ0) is 18.4. The molecule has 26 heavy (non-hydrogen) atoms. The molecule has 1 aliphatic rings. The third-order valence-corrected chi connectivity index (χ3v) is 4.69. The van der Waals surface area contributed by atoms with Crippen LogP contribution in [0.5, 0.6) is 5.75 Å². The van der Waals surface area contributed by atoms with Crippen molar-refractivity contribution in [3.63, 3.8) is 0 Å². The van der Waals surface area contributed by atoms with Gasteiger partial charge in [-0.15, -0.1) is 0 Å². The van der Waals surface area contributed by atoms with E-state index in [1.807, 2.05) is 0 Å². The summed E-state index contributed by atoms with van der Waals surface area (Å²) in [5, 5.41) is 12.0. The van der Waals surface area contributed by atoms with E-state index >= 15 is 0 Å². The van der Waals surface area contributed by atoms with Crippen LogP contribution in [0.15, 0.2) is 12.1 Å². The van der Waals surface area contributed by atoms with Crippen LogP contribution in [0.25, 0.3) is 0 Å². The van der Waals surface area contributed by atoms with Gasteiger partial charge in [0.25, 0.3) is 5.91 Å². The van der Waals surface area contributed by atoms with Crippen molar-refractivity contribution in [1.29, 1.82) is 5.26 Å². The second kappa shape index (κ2) is 10.2. The van der Waals surface area contributed by atoms with Gasteiger partial charge in [0, 0.05) is 39.2 Å². The number of nitrogen functional groups attached to an aromatic ring is 1. The molecule has 2 atom stereocenters. The number of nitrogens with zero attached hydrogens (tertiary/aromatic N) is 2. The molecule has 0 spiro atoms.